The molecule has 1 aliphatic carbocycles. The van der Waals surface area contributed by atoms with E-state index in [1.165, 1.54) is 12.2 Å². The van der Waals surface area contributed by atoms with Crippen LogP contribution in [0, 0.1) is 5.41 Å². The number of carbonyl (C=O) groups is 1. The fourth-order valence-electron chi connectivity index (χ4n) is 0.572. The van der Waals surface area contributed by atoms with Crippen LogP contribution in [0.5, 0.6) is 0 Å². The second-order valence-corrected chi connectivity index (χ2v) is 2.72. The summed E-state index contributed by atoms with van der Waals surface area (Å²) in [6.07, 6.45) is 2.62. The zero-order valence-electron chi connectivity index (χ0n) is 5.02. The first-order chi connectivity index (χ1) is 4.61. The zero-order valence-corrected chi connectivity index (χ0v) is 6.60. The number of allylic oxidation sites excluding steroid dienone is 3. The first-order valence-corrected chi connectivity index (χ1v) is 3.38. The molecule has 0 spiro atoms. The van der Waals surface area contributed by atoms with Crippen LogP contribution in [0.1, 0.15) is 0 Å². The Balaban J connectivity index is 3.03. The van der Waals surface area contributed by atoms with Crippen molar-refractivity contribution in [2.45, 2.75) is 0 Å². The molecular weight excluding hydrogens is 196 g/mol. The Bertz CT molecular complexity index is 237. The molecule has 10 heavy (non-hydrogen) atoms. The van der Waals surface area contributed by atoms with Gasteiger partial charge in [0.1, 0.15) is 0 Å². The van der Waals surface area contributed by atoms with Crippen molar-refractivity contribution >= 4 is 27.4 Å². The van der Waals surface area contributed by atoms with Gasteiger partial charge < -0.3 is 5.73 Å². The Labute approximate surface area is 66.2 Å². The molecule has 0 aromatic heterocycles. The summed E-state index contributed by atoms with van der Waals surface area (Å²) in [5.74, 6) is -0.247. The highest BCUT2D eigenvalue weighted by Crippen LogP contribution is 2.13. The lowest BCUT2D eigenvalue weighted by Gasteiger charge is -2.04. The highest BCUT2D eigenvalue weighted by atomic mass is 79.9. The van der Waals surface area contributed by atoms with Gasteiger partial charge in [-0.1, -0.05) is 0 Å². The van der Waals surface area contributed by atoms with E-state index in [4.69, 9.17) is 11.1 Å². The number of rotatable bonds is 0. The monoisotopic (exact) mass is 200 g/mol. The van der Waals surface area contributed by atoms with Gasteiger partial charge in [0, 0.05) is 10.6 Å². The van der Waals surface area contributed by atoms with E-state index in [0.717, 1.165) is 0 Å². The van der Waals surface area contributed by atoms with E-state index in [-0.39, 0.29) is 17.2 Å². The van der Waals surface area contributed by atoms with Crippen LogP contribution < -0.4 is 5.73 Å². The topological polar surface area (TPSA) is 66.9 Å². The SMILES string of the molecule is N=C1C=C(N)C(=O)C=C1Br. The summed E-state index contributed by atoms with van der Waals surface area (Å²) in [6, 6.07) is 0. The fraction of sp³-hybridized carbons (Fsp3) is 0. The number of hydrogen-bond donors (Lipinski definition) is 2. The van der Waals surface area contributed by atoms with Crippen LogP contribution in [-0.4, -0.2) is 11.5 Å². The molecule has 0 aromatic carbocycles. The second kappa shape index (κ2) is 2.38. The van der Waals surface area contributed by atoms with Gasteiger partial charge in [0.05, 0.1) is 11.4 Å². The Morgan fingerprint density at radius 3 is 2.60 bits per heavy atom. The Kier molecular flexibility index (Phi) is 1.72. The van der Waals surface area contributed by atoms with Gasteiger partial charge in [-0.3, -0.25) is 10.2 Å². The van der Waals surface area contributed by atoms with Crippen molar-refractivity contribution in [2.75, 3.05) is 0 Å². The molecule has 0 fully saturated rings. The molecule has 4 heteroatoms. The van der Waals surface area contributed by atoms with Gasteiger partial charge in [-0.2, -0.15) is 0 Å². The number of carbonyl (C=O) groups excluding carboxylic acids is 1. The lowest BCUT2D eigenvalue weighted by molar-refractivity contribution is -0.111. The number of nitrogens with one attached hydrogen (secondary N) is 1. The summed E-state index contributed by atoms with van der Waals surface area (Å²) in [7, 11) is 0. The molecule has 0 radical (unpaired) electrons. The fourth-order valence-corrected chi connectivity index (χ4v) is 0.894. The molecule has 0 saturated heterocycles. The second-order valence-electron chi connectivity index (χ2n) is 1.87. The third kappa shape index (κ3) is 1.16. The molecule has 0 unspecified atom stereocenters. The average Bonchev–Trinajstić information content (AvgIpc) is 1.84. The maximum absolute atomic E-state index is 10.8. The third-order valence-electron chi connectivity index (χ3n) is 1.10. The minimum Gasteiger partial charge on any atom is -0.396 e. The predicted molar refractivity (Wildman–Crippen MR) is 42.0 cm³/mol. The normalized spacial score (nSPS) is 18.5. The largest absolute Gasteiger partial charge is 0.396 e. The van der Waals surface area contributed by atoms with Crippen molar-refractivity contribution in [1.82, 2.24) is 0 Å². The summed E-state index contributed by atoms with van der Waals surface area (Å²) in [5, 5.41) is 7.19. The number of halogens is 1. The van der Waals surface area contributed by atoms with Gasteiger partial charge >= 0.3 is 0 Å². The van der Waals surface area contributed by atoms with E-state index in [0.29, 0.717) is 4.48 Å². The van der Waals surface area contributed by atoms with Crippen molar-refractivity contribution in [3.05, 3.63) is 22.3 Å². The lowest BCUT2D eigenvalue weighted by Crippen LogP contribution is -2.15. The quantitative estimate of drug-likeness (QED) is 0.566. The van der Waals surface area contributed by atoms with Crippen molar-refractivity contribution < 1.29 is 4.79 Å². The van der Waals surface area contributed by atoms with Crippen LogP contribution in [0.2, 0.25) is 0 Å². The molecule has 1 aliphatic rings. The van der Waals surface area contributed by atoms with E-state index in [9.17, 15) is 4.79 Å². The standard InChI is InChI=1S/C6H5BrN2O/c7-3-1-6(10)5(9)2-4(3)8/h1-2,8H,9H2. The van der Waals surface area contributed by atoms with Crippen molar-refractivity contribution in [3.8, 4) is 0 Å². The maximum Gasteiger partial charge on any atom is 0.202 e. The van der Waals surface area contributed by atoms with Crippen LogP contribution in [0.4, 0.5) is 0 Å². The zero-order chi connectivity index (χ0) is 7.72. The van der Waals surface area contributed by atoms with E-state index < -0.39 is 0 Å². The lowest BCUT2D eigenvalue weighted by atomic mass is 10.1. The molecule has 0 aromatic rings. The number of nitrogens with two attached hydrogens (primary N) is 1. The molecule has 0 aliphatic heterocycles. The van der Waals surface area contributed by atoms with Gasteiger partial charge in [0.2, 0.25) is 5.78 Å². The van der Waals surface area contributed by atoms with Gasteiger partial charge in [0.25, 0.3) is 0 Å². The van der Waals surface area contributed by atoms with Gasteiger partial charge in [-0.15, -0.1) is 0 Å². The maximum atomic E-state index is 10.8. The Morgan fingerprint density at radius 1 is 1.50 bits per heavy atom. The summed E-state index contributed by atoms with van der Waals surface area (Å²) >= 11 is 3.04. The Morgan fingerprint density at radius 2 is 2.10 bits per heavy atom. The summed E-state index contributed by atoms with van der Waals surface area (Å²) in [6.45, 7) is 0. The van der Waals surface area contributed by atoms with Gasteiger partial charge in [0.15, 0.2) is 0 Å². The Hall–Kier alpha value is -0.900. The van der Waals surface area contributed by atoms with E-state index in [1.807, 2.05) is 0 Å². The van der Waals surface area contributed by atoms with E-state index >= 15 is 0 Å². The first-order valence-electron chi connectivity index (χ1n) is 2.59. The molecule has 0 atom stereocenters. The number of hydrogen-bond acceptors (Lipinski definition) is 3. The molecule has 0 amide bonds. The van der Waals surface area contributed by atoms with E-state index in [2.05, 4.69) is 15.9 Å². The van der Waals surface area contributed by atoms with Gasteiger partial charge in [-0.05, 0) is 22.0 Å². The highest BCUT2D eigenvalue weighted by molar-refractivity contribution is 9.12. The molecule has 3 N–H and O–H groups in total. The van der Waals surface area contributed by atoms with Crippen LogP contribution in [0.3, 0.4) is 0 Å². The molecule has 0 bridgehead atoms. The summed E-state index contributed by atoms with van der Waals surface area (Å²) < 4.78 is 0.478. The average molecular weight is 201 g/mol. The summed E-state index contributed by atoms with van der Waals surface area (Å²) in [4.78, 5) is 10.8. The van der Waals surface area contributed by atoms with Crippen molar-refractivity contribution in [3.63, 3.8) is 0 Å². The van der Waals surface area contributed by atoms with Crippen LogP contribution >= 0.6 is 15.9 Å². The minimum atomic E-state index is -0.247. The van der Waals surface area contributed by atoms with Crippen LogP contribution in [0.15, 0.2) is 22.3 Å². The van der Waals surface area contributed by atoms with Crippen LogP contribution in [-0.2, 0) is 4.79 Å². The molecule has 0 saturated carbocycles. The predicted octanol–water partition coefficient (Wildman–Crippen LogP) is 0.710. The van der Waals surface area contributed by atoms with Gasteiger partial charge in [-0.25, -0.2) is 0 Å². The molecule has 0 heterocycles. The molecule has 52 valence electrons. The highest BCUT2D eigenvalue weighted by Gasteiger charge is 2.12. The third-order valence-corrected chi connectivity index (χ3v) is 1.76. The molecule has 1 rings (SSSR count). The number of ketones is 1. The van der Waals surface area contributed by atoms with Crippen molar-refractivity contribution in [1.29, 1.82) is 5.41 Å². The van der Waals surface area contributed by atoms with Crippen molar-refractivity contribution in [2.24, 2.45) is 5.73 Å². The first kappa shape index (κ1) is 7.21. The smallest absolute Gasteiger partial charge is 0.202 e. The van der Waals surface area contributed by atoms with E-state index in [1.54, 1.807) is 0 Å². The van der Waals surface area contributed by atoms with Crippen LogP contribution in [0.25, 0.3) is 0 Å². The molecular formula is C6H5BrN2O. The summed E-state index contributed by atoms with van der Waals surface area (Å²) in [5.41, 5.74) is 5.59. The minimum absolute atomic E-state index is 0.119. The molecule has 3 nitrogen and oxygen atoms in total.